The molecule has 5 nitrogen and oxygen atoms in total. The molecular weight excluding hydrogens is 365 g/mol. The molecular formula is C18H15Cl2NO4. The van der Waals surface area contributed by atoms with Crippen LogP contribution in [0.25, 0.3) is 6.08 Å². The molecule has 2 rings (SSSR count). The van der Waals surface area contributed by atoms with Gasteiger partial charge >= 0.3 is 5.97 Å². The van der Waals surface area contributed by atoms with Gasteiger partial charge in [0.15, 0.2) is 11.5 Å². The number of ether oxygens (including phenoxy) is 2. The fraction of sp³-hybridized carbons (Fsp3) is 0.111. The fourth-order valence-electron chi connectivity index (χ4n) is 1.96. The van der Waals surface area contributed by atoms with Gasteiger partial charge in [-0.3, -0.25) is 9.59 Å². The Morgan fingerprint density at radius 2 is 1.80 bits per heavy atom. The van der Waals surface area contributed by atoms with Gasteiger partial charge < -0.3 is 14.8 Å². The van der Waals surface area contributed by atoms with Crippen LogP contribution in [0.5, 0.6) is 11.5 Å². The van der Waals surface area contributed by atoms with Gasteiger partial charge in [0.25, 0.3) is 0 Å². The van der Waals surface area contributed by atoms with Crippen LogP contribution in [0.15, 0.2) is 42.5 Å². The predicted molar refractivity (Wildman–Crippen MR) is 98.4 cm³/mol. The Morgan fingerprint density at radius 3 is 2.44 bits per heavy atom. The SMILES string of the molecule is COc1ccc(C=CC(=O)Nc2ccc(Cl)c(Cl)c2)cc1OC(C)=O. The summed E-state index contributed by atoms with van der Waals surface area (Å²) in [6, 6.07) is 9.78. The van der Waals surface area contributed by atoms with Crippen molar-refractivity contribution in [2.24, 2.45) is 0 Å². The van der Waals surface area contributed by atoms with Gasteiger partial charge in [-0.2, -0.15) is 0 Å². The highest BCUT2D eigenvalue weighted by atomic mass is 35.5. The van der Waals surface area contributed by atoms with E-state index in [2.05, 4.69) is 5.32 Å². The van der Waals surface area contributed by atoms with Crippen molar-refractivity contribution in [3.05, 3.63) is 58.1 Å². The Bertz CT molecular complexity index is 834. The second-order valence-electron chi connectivity index (χ2n) is 4.96. The number of rotatable bonds is 5. The van der Waals surface area contributed by atoms with E-state index < -0.39 is 5.97 Å². The van der Waals surface area contributed by atoms with E-state index in [-0.39, 0.29) is 11.7 Å². The van der Waals surface area contributed by atoms with Crippen molar-refractivity contribution in [2.75, 3.05) is 12.4 Å². The number of halogens is 2. The molecule has 0 aromatic heterocycles. The summed E-state index contributed by atoms with van der Waals surface area (Å²) in [5.41, 5.74) is 1.20. The minimum absolute atomic E-state index is 0.280. The second kappa shape index (κ2) is 8.55. The molecule has 0 saturated carbocycles. The number of methoxy groups -OCH3 is 1. The zero-order chi connectivity index (χ0) is 18.4. The third-order valence-corrected chi connectivity index (χ3v) is 3.79. The van der Waals surface area contributed by atoms with Crippen LogP contribution in [0.3, 0.4) is 0 Å². The van der Waals surface area contributed by atoms with Gasteiger partial charge in [0, 0.05) is 18.7 Å². The largest absolute Gasteiger partial charge is 0.493 e. The molecule has 0 atom stereocenters. The minimum atomic E-state index is -0.461. The predicted octanol–water partition coefficient (Wildman–Crippen LogP) is 4.58. The third kappa shape index (κ3) is 5.52. The van der Waals surface area contributed by atoms with E-state index in [1.807, 2.05) is 0 Å². The Labute approximate surface area is 155 Å². The normalized spacial score (nSPS) is 10.6. The molecule has 0 spiro atoms. The monoisotopic (exact) mass is 379 g/mol. The number of hydrogen-bond acceptors (Lipinski definition) is 4. The van der Waals surface area contributed by atoms with Gasteiger partial charge in [0.2, 0.25) is 5.91 Å². The summed E-state index contributed by atoms with van der Waals surface area (Å²) in [6.45, 7) is 1.30. The Balaban J connectivity index is 2.10. The zero-order valence-electron chi connectivity index (χ0n) is 13.5. The molecule has 0 aliphatic carbocycles. The zero-order valence-corrected chi connectivity index (χ0v) is 15.0. The van der Waals surface area contributed by atoms with E-state index >= 15 is 0 Å². The summed E-state index contributed by atoms with van der Waals surface area (Å²) in [7, 11) is 1.47. The van der Waals surface area contributed by atoms with E-state index in [4.69, 9.17) is 32.7 Å². The minimum Gasteiger partial charge on any atom is -0.493 e. The number of carbonyl (C=O) groups is 2. The molecule has 130 valence electrons. The van der Waals surface area contributed by atoms with Gasteiger partial charge in [0.1, 0.15) is 0 Å². The van der Waals surface area contributed by atoms with E-state index in [0.717, 1.165) is 0 Å². The first-order valence-corrected chi connectivity index (χ1v) is 7.95. The van der Waals surface area contributed by atoms with E-state index in [1.54, 1.807) is 42.5 Å². The number of hydrogen-bond donors (Lipinski definition) is 1. The molecule has 25 heavy (non-hydrogen) atoms. The molecule has 0 unspecified atom stereocenters. The van der Waals surface area contributed by atoms with Crippen LogP contribution in [0, 0.1) is 0 Å². The third-order valence-electron chi connectivity index (χ3n) is 3.06. The molecule has 0 bridgehead atoms. The highest BCUT2D eigenvalue weighted by molar-refractivity contribution is 6.42. The van der Waals surface area contributed by atoms with Crippen molar-refractivity contribution in [1.29, 1.82) is 0 Å². The molecule has 0 radical (unpaired) electrons. The van der Waals surface area contributed by atoms with Gasteiger partial charge in [0.05, 0.1) is 17.2 Å². The quantitative estimate of drug-likeness (QED) is 0.469. The molecule has 1 N–H and O–H groups in total. The van der Waals surface area contributed by atoms with E-state index in [1.165, 1.54) is 20.1 Å². The fourth-order valence-corrected chi connectivity index (χ4v) is 2.26. The smallest absolute Gasteiger partial charge is 0.308 e. The van der Waals surface area contributed by atoms with Crippen LogP contribution in [-0.4, -0.2) is 19.0 Å². The number of esters is 1. The maximum atomic E-state index is 12.0. The summed E-state index contributed by atoms with van der Waals surface area (Å²) in [5, 5.41) is 3.43. The molecule has 2 aromatic rings. The number of nitrogens with one attached hydrogen (secondary N) is 1. The first kappa shape index (κ1) is 18.8. The van der Waals surface area contributed by atoms with Crippen LogP contribution < -0.4 is 14.8 Å². The van der Waals surface area contributed by atoms with Crippen molar-refractivity contribution in [2.45, 2.75) is 6.92 Å². The van der Waals surface area contributed by atoms with Crippen LogP contribution in [-0.2, 0) is 9.59 Å². The lowest BCUT2D eigenvalue weighted by atomic mass is 10.2. The maximum Gasteiger partial charge on any atom is 0.308 e. The molecule has 0 fully saturated rings. The lowest BCUT2D eigenvalue weighted by Crippen LogP contribution is -2.07. The summed E-state index contributed by atoms with van der Waals surface area (Å²) in [6.07, 6.45) is 2.93. The van der Waals surface area contributed by atoms with Gasteiger partial charge in [-0.05, 0) is 42.0 Å². The molecule has 0 aliphatic heterocycles. The Hall–Kier alpha value is -2.50. The van der Waals surface area contributed by atoms with E-state index in [0.29, 0.717) is 27.0 Å². The van der Waals surface area contributed by atoms with Crippen molar-refractivity contribution in [1.82, 2.24) is 0 Å². The summed E-state index contributed by atoms with van der Waals surface area (Å²) < 4.78 is 10.2. The highest BCUT2D eigenvalue weighted by Crippen LogP contribution is 2.29. The average molecular weight is 380 g/mol. The second-order valence-corrected chi connectivity index (χ2v) is 5.77. The van der Waals surface area contributed by atoms with Gasteiger partial charge in [-0.25, -0.2) is 0 Å². The Kier molecular flexibility index (Phi) is 6.44. The molecule has 7 heteroatoms. The summed E-state index contributed by atoms with van der Waals surface area (Å²) in [5.74, 6) is -0.102. The first-order chi connectivity index (χ1) is 11.9. The molecule has 1 amide bonds. The number of carbonyl (C=O) groups excluding carboxylic acids is 2. The van der Waals surface area contributed by atoms with Crippen molar-refractivity contribution in [3.63, 3.8) is 0 Å². The summed E-state index contributed by atoms with van der Waals surface area (Å²) >= 11 is 11.7. The van der Waals surface area contributed by atoms with Crippen LogP contribution >= 0.6 is 23.2 Å². The average Bonchev–Trinajstić information content (AvgIpc) is 2.56. The summed E-state index contributed by atoms with van der Waals surface area (Å²) in [4.78, 5) is 23.1. The van der Waals surface area contributed by atoms with Crippen LogP contribution in [0.4, 0.5) is 5.69 Å². The number of anilines is 1. The molecule has 2 aromatic carbocycles. The van der Waals surface area contributed by atoms with Gasteiger partial charge in [-0.1, -0.05) is 29.3 Å². The van der Waals surface area contributed by atoms with E-state index in [9.17, 15) is 9.59 Å². The standard InChI is InChI=1S/C18H15Cl2NO4/c1-11(22)25-17-9-12(3-7-16(17)24-2)4-8-18(23)21-13-5-6-14(19)15(20)10-13/h3-10H,1-2H3,(H,21,23). The number of amides is 1. The highest BCUT2D eigenvalue weighted by Gasteiger charge is 2.07. The topological polar surface area (TPSA) is 64.6 Å². The van der Waals surface area contributed by atoms with Crippen LogP contribution in [0.2, 0.25) is 10.0 Å². The number of benzene rings is 2. The molecule has 0 saturated heterocycles. The lowest BCUT2D eigenvalue weighted by Gasteiger charge is -2.08. The van der Waals surface area contributed by atoms with Crippen molar-refractivity contribution < 1.29 is 19.1 Å². The molecule has 0 aliphatic rings. The lowest BCUT2D eigenvalue weighted by molar-refractivity contribution is -0.132. The molecule has 0 heterocycles. The van der Waals surface area contributed by atoms with Crippen molar-refractivity contribution in [3.8, 4) is 11.5 Å². The Morgan fingerprint density at radius 1 is 1.04 bits per heavy atom. The maximum absolute atomic E-state index is 12.0. The van der Waals surface area contributed by atoms with Crippen LogP contribution in [0.1, 0.15) is 12.5 Å². The van der Waals surface area contributed by atoms with Gasteiger partial charge in [-0.15, -0.1) is 0 Å². The first-order valence-electron chi connectivity index (χ1n) is 7.19. The van der Waals surface area contributed by atoms with Crippen molar-refractivity contribution >= 4 is 46.8 Å².